The van der Waals surface area contributed by atoms with Crippen molar-refractivity contribution in [1.29, 1.82) is 0 Å². The molecular weight excluding hydrogens is 322 g/mol. The minimum atomic E-state index is -0.741. The van der Waals surface area contributed by atoms with Crippen molar-refractivity contribution in [2.45, 2.75) is 0 Å². The minimum Gasteiger partial charge on any atom is -0.355 e. The Labute approximate surface area is 115 Å². The first kappa shape index (κ1) is 13.4. The van der Waals surface area contributed by atoms with E-state index in [1.807, 2.05) is 0 Å². The summed E-state index contributed by atoms with van der Waals surface area (Å²) in [5, 5.41) is 13.3. The highest BCUT2D eigenvalue weighted by Gasteiger charge is 2.10. The number of hydrogen-bond donors (Lipinski definition) is 1. The van der Waals surface area contributed by atoms with E-state index in [9.17, 15) is 18.9 Å². The lowest BCUT2D eigenvalue weighted by molar-refractivity contribution is -0.385. The largest absolute Gasteiger partial charge is 0.355 e. The van der Waals surface area contributed by atoms with Gasteiger partial charge in [-0.1, -0.05) is 0 Å². The summed E-state index contributed by atoms with van der Waals surface area (Å²) in [5.74, 6) is -1.23. The van der Waals surface area contributed by atoms with Gasteiger partial charge >= 0.3 is 0 Å². The van der Waals surface area contributed by atoms with Crippen molar-refractivity contribution in [3.05, 3.63) is 62.6 Å². The minimum absolute atomic E-state index is 0.174. The average molecular weight is 329 g/mol. The van der Waals surface area contributed by atoms with Gasteiger partial charge in [0.25, 0.3) is 5.69 Å². The molecule has 0 spiro atoms. The highest BCUT2D eigenvalue weighted by Crippen LogP contribution is 2.25. The van der Waals surface area contributed by atoms with E-state index in [1.165, 1.54) is 18.2 Å². The summed E-state index contributed by atoms with van der Waals surface area (Å²) in [7, 11) is 0. The normalized spacial score (nSPS) is 10.3. The van der Waals surface area contributed by atoms with E-state index in [0.29, 0.717) is 10.2 Å². The number of nitrogens with zero attached hydrogens (tertiary/aromatic N) is 1. The molecule has 2 aromatic rings. The Kier molecular flexibility index (Phi) is 3.75. The molecule has 2 rings (SSSR count). The number of nitro benzene ring substituents is 1. The number of halogens is 3. The third kappa shape index (κ3) is 3.25. The molecule has 0 fully saturated rings. The summed E-state index contributed by atoms with van der Waals surface area (Å²) in [4.78, 5) is 9.90. The second kappa shape index (κ2) is 5.31. The predicted molar refractivity (Wildman–Crippen MR) is 70.4 cm³/mol. The molecule has 0 amide bonds. The van der Waals surface area contributed by atoms with Crippen LogP contribution >= 0.6 is 15.9 Å². The lowest BCUT2D eigenvalue weighted by Crippen LogP contribution is -1.95. The second-order valence-electron chi connectivity index (χ2n) is 3.71. The van der Waals surface area contributed by atoms with Crippen LogP contribution in [0.4, 0.5) is 25.8 Å². The molecule has 0 saturated carbocycles. The first-order valence-corrected chi connectivity index (χ1v) is 5.92. The molecule has 4 nitrogen and oxygen atoms in total. The van der Waals surface area contributed by atoms with Gasteiger partial charge in [0.05, 0.1) is 15.5 Å². The third-order valence-electron chi connectivity index (χ3n) is 2.30. The zero-order chi connectivity index (χ0) is 14.0. The van der Waals surface area contributed by atoms with Crippen LogP contribution in [0.2, 0.25) is 0 Å². The summed E-state index contributed by atoms with van der Waals surface area (Å²) < 4.78 is 26.8. The Morgan fingerprint density at radius 2 is 1.84 bits per heavy atom. The van der Waals surface area contributed by atoms with Crippen molar-refractivity contribution in [2.75, 3.05) is 5.32 Å². The quantitative estimate of drug-likeness (QED) is 0.672. The fraction of sp³-hybridized carbons (Fsp3) is 0. The highest BCUT2D eigenvalue weighted by atomic mass is 79.9. The van der Waals surface area contributed by atoms with Gasteiger partial charge in [0.1, 0.15) is 11.6 Å². The van der Waals surface area contributed by atoms with Crippen LogP contribution in [0.1, 0.15) is 0 Å². The molecule has 0 aliphatic rings. The molecule has 1 N–H and O–H groups in total. The topological polar surface area (TPSA) is 55.2 Å². The summed E-state index contributed by atoms with van der Waals surface area (Å²) in [6, 6.07) is 7.30. The molecule has 0 aliphatic heterocycles. The van der Waals surface area contributed by atoms with Crippen LogP contribution in [0.15, 0.2) is 40.9 Å². The van der Waals surface area contributed by atoms with E-state index in [0.717, 1.165) is 12.1 Å². The SMILES string of the molecule is O=[N+]([O-])c1cc(F)cc(Nc2ccc(Br)c(F)c2)c1. The molecule has 2 aromatic carbocycles. The predicted octanol–water partition coefficient (Wildman–Crippen LogP) is 4.38. The standard InChI is InChI=1S/C12H7BrF2N2O2/c13-11-2-1-8(6-12(11)15)16-9-3-7(14)4-10(5-9)17(18)19/h1-6,16H. The number of non-ortho nitro benzene ring substituents is 1. The Hall–Kier alpha value is -2.02. The summed E-state index contributed by atoms with van der Waals surface area (Å²) >= 11 is 3.00. The van der Waals surface area contributed by atoms with Gasteiger partial charge in [-0.15, -0.1) is 0 Å². The van der Waals surface area contributed by atoms with E-state index in [4.69, 9.17) is 0 Å². The van der Waals surface area contributed by atoms with Crippen LogP contribution in [0.5, 0.6) is 0 Å². The molecule has 0 unspecified atom stereocenters. The maximum Gasteiger partial charge on any atom is 0.274 e. The Morgan fingerprint density at radius 1 is 1.11 bits per heavy atom. The zero-order valence-electron chi connectivity index (χ0n) is 9.36. The Balaban J connectivity index is 2.32. The van der Waals surface area contributed by atoms with Crippen LogP contribution in [0.25, 0.3) is 0 Å². The van der Waals surface area contributed by atoms with Gasteiger partial charge < -0.3 is 5.32 Å². The summed E-state index contributed by atoms with van der Waals surface area (Å²) in [6.45, 7) is 0. The first-order chi connectivity index (χ1) is 8.95. The van der Waals surface area contributed by atoms with E-state index >= 15 is 0 Å². The van der Waals surface area contributed by atoms with Crippen LogP contribution in [-0.4, -0.2) is 4.92 Å². The van der Waals surface area contributed by atoms with Gasteiger partial charge in [0.15, 0.2) is 0 Å². The van der Waals surface area contributed by atoms with Crippen molar-refractivity contribution >= 4 is 33.0 Å². The van der Waals surface area contributed by atoms with Gasteiger partial charge in [-0.05, 0) is 40.2 Å². The monoisotopic (exact) mass is 328 g/mol. The van der Waals surface area contributed by atoms with Crippen LogP contribution < -0.4 is 5.32 Å². The maximum absolute atomic E-state index is 13.3. The smallest absolute Gasteiger partial charge is 0.274 e. The number of nitro groups is 1. The number of anilines is 2. The molecule has 98 valence electrons. The first-order valence-electron chi connectivity index (χ1n) is 5.13. The molecule has 0 atom stereocenters. The van der Waals surface area contributed by atoms with Crippen LogP contribution in [0, 0.1) is 21.7 Å². The third-order valence-corrected chi connectivity index (χ3v) is 2.94. The van der Waals surface area contributed by atoms with Gasteiger partial charge in [-0.3, -0.25) is 10.1 Å². The molecule has 0 aromatic heterocycles. The van der Waals surface area contributed by atoms with Crippen LogP contribution in [0.3, 0.4) is 0 Å². The zero-order valence-corrected chi connectivity index (χ0v) is 10.9. The lowest BCUT2D eigenvalue weighted by Gasteiger charge is -2.07. The van der Waals surface area contributed by atoms with Gasteiger partial charge in [-0.25, -0.2) is 8.78 Å². The highest BCUT2D eigenvalue weighted by molar-refractivity contribution is 9.10. The van der Waals surface area contributed by atoms with E-state index < -0.39 is 16.6 Å². The second-order valence-corrected chi connectivity index (χ2v) is 4.56. The van der Waals surface area contributed by atoms with Crippen molar-refractivity contribution in [3.63, 3.8) is 0 Å². The summed E-state index contributed by atoms with van der Waals surface area (Å²) in [5.41, 5.74) is 0.161. The van der Waals surface area contributed by atoms with E-state index in [1.54, 1.807) is 6.07 Å². The van der Waals surface area contributed by atoms with Crippen LogP contribution in [-0.2, 0) is 0 Å². The number of benzene rings is 2. The van der Waals surface area contributed by atoms with Gasteiger partial charge in [-0.2, -0.15) is 0 Å². The van der Waals surface area contributed by atoms with Crippen molar-refractivity contribution in [2.24, 2.45) is 0 Å². The Morgan fingerprint density at radius 3 is 2.47 bits per heavy atom. The molecule has 0 saturated heterocycles. The lowest BCUT2D eigenvalue weighted by atomic mass is 10.2. The van der Waals surface area contributed by atoms with E-state index in [2.05, 4.69) is 21.2 Å². The fourth-order valence-electron chi connectivity index (χ4n) is 1.49. The molecule has 19 heavy (non-hydrogen) atoms. The molecule has 0 heterocycles. The molecular formula is C12H7BrF2N2O2. The number of rotatable bonds is 3. The van der Waals surface area contributed by atoms with Gasteiger partial charge in [0, 0.05) is 17.4 Å². The van der Waals surface area contributed by atoms with E-state index in [-0.39, 0.29) is 11.4 Å². The van der Waals surface area contributed by atoms with Crippen molar-refractivity contribution in [3.8, 4) is 0 Å². The van der Waals surface area contributed by atoms with Crippen molar-refractivity contribution < 1.29 is 13.7 Å². The number of hydrogen-bond acceptors (Lipinski definition) is 3. The maximum atomic E-state index is 13.3. The number of nitrogens with one attached hydrogen (secondary N) is 1. The average Bonchev–Trinajstić information content (AvgIpc) is 2.33. The van der Waals surface area contributed by atoms with Gasteiger partial charge in [0.2, 0.25) is 0 Å². The molecule has 0 aliphatic carbocycles. The molecule has 0 bridgehead atoms. The summed E-state index contributed by atoms with van der Waals surface area (Å²) in [6.07, 6.45) is 0. The van der Waals surface area contributed by atoms with Crippen molar-refractivity contribution in [1.82, 2.24) is 0 Å². The molecule has 7 heteroatoms. The fourth-order valence-corrected chi connectivity index (χ4v) is 1.74. The molecule has 0 radical (unpaired) electrons. The Bertz CT molecular complexity index is 650.